The molecule has 2 aromatic heterocycles. The van der Waals surface area contributed by atoms with Gasteiger partial charge in [0, 0.05) is 29.0 Å². The van der Waals surface area contributed by atoms with Crippen molar-refractivity contribution in [1.29, 1.82) is 0 Å². The van der Waals surface area contributed by atoms with Crippen molar-refractivity contribution in [2.45, 2.75) is 4.90 Å². The van der Waals surface area contributed by atoms with Crippen LogP contribution >= 0.6 is 11.6 Å². The summed E-state index contributed by atoms with van der Waals surface area (Å²) in [6.45, 7) is 0. The molecule has 2 aromatic carbocycles. The highest BCUT2D eigenvalue weighted by Crippen LogP contribution is 2.35. The van der Waals surface area contributed by atoms with Gasteiger partial charge in [-0.15, -0.1) is 0 Å². The van der Waals surface area contributed by atoms with Crippen LogP contribution < -0.4 is 10.3 Å². The fraction of sp³-hybridized carbons (Fsp3) is 0.0526. The van der Waals surface area contributed by atoms with E-state index >= 15 is 0 Å². The van der Waals surface area contributed by atoms with Gasteiger partial charge >= 0.3 is 0 Å². The van der Waals surface area contributed by atoms with E-state index in [0.29, 0.717) is 22.2 Å². The van der Waals surface area contributed by atoms with Crippen LogP contribution in [-0.4, -0.2) is 37.7 Å². The lowest BCUT2D eigenvalue weighted by Crippen LogP contribution is -2.03. The summed E-state index contributed by atoms with van der Waals surface area (Å²) in [6, 6.07) is 13.6. The normalized spacial score (nSPS) is 11.6. The van der Waals surface area contributed by atoms with Gasteiger partial charge in [0.1, 0.15) is 11.3 Å². The standard InChI is InChI=1S/C19H15BClN3O3S/c1-28(25,26)13-6-4-12(5-7-13)27-16-10-11(17-15(21)3-2-8-22-17)9-14-18(16)23-24-19(14)20/h2-10H,20H2,1H3,(H,23,24). The maximum atomic E-state index is 11.6. The summed E-state index contributed by atoms with van der Waals surface area (Å²) in [7, 11) is -1.37. The number of sulfone groups is 1. The maximum absolute atomic E-state index is 11.6. The number of rotatable bonds is 4. The van der Waals surface area contributed by atoms with Crippen LogP contribution in [0.5, 0.6) is 11.5 Å². The molecule has 0 radical (unpaired) electrons. The predicted molar refractivity (Wildman–Crippen MR) is 112 cm³/mol. The molecule has 0 saturated carbocycles. The molecule has 28 heavy (non-hydrogen) atoms. The second-order valence-electron chi connectivity index (χ2n) is 6.39. The van der Waals surface area contributed by atoms with Gasteiger partial charge in [0.2, 0.25) is 0 Å². The molecule has 9 heteroatoms. The summed E-state index contributed by atoms with van der Waals surface area (Å²) < 4.78 is 29.3. The minimum absolute atomic E-state index is 0.233. The summed E-state index contributed by atoms with van der Waals surface area (Å²) in [5.74, 6) is 1.05. The van der Waals surface area contributed by atoms with Gasteiger partial charge in [0.25, 0.3) is 0 Å². The van der Waals surface area contributed by atoms with Crippen LogP contribution in [0.4, 0.5) is 0 Å². The Morgan fingerprint density at radius 3 is 2.57 bits per heavy atom. The van der Waals surface area contributed by atoms with E-state index in [-0.39, 0.29) is 4.90 Å². The highest BCUT2D eigenvalue weighted by Gasteiger charge is 2.15. The SMILES string of the molecule is Bc1n[nH]c2c(Oc3ccc(S(C)(=O)=O)cc3)cc(-c3ncccc3Cl)cc12. The molecule has 0 aliphatic heterocycles. The Bertz CT molecular complexity index is 1290. The van der Waals surface area contributed by atoms with E-state index in [1.807, 2.05) is 20.0 Å². The molecule has 0 fully saturated rings. The number of nitrogens with zero attached hydrogens (tertiary/aromatic N) is 2. The van der Waals surface area contributed by atoms with Crippen LogP contribution in [0.3, 0.4) is 0 Å². The van der Waals surface area contributed by atoms with Crippen LogP contribution in [0.15, 0.2) is 59.6 Å². The van der Waals surface area contributed by atoms with E-state index in [2.05, 4.69) is 15.2 Å². The third kappa shape index (κ3) is 3.48. The van der Waals surface area contributed by atoms with E-state index in [1.165, 1.54) is 18.4 Å². The van der Waals surface area contributed by atoms with E-state index < -0.39 is 9.84 Å². The van der Waals surface area contributed by atoms with E-state index in [1.54, 1.807) is 30.5 Å². The predicted octanol–water partition coefficient (Wildman–Crippen LogP) is 2.73. The topological polar surface area (TPSA) is 84.9 Å². The fourth-order valence-electron chi connectivity index (χ4n) is 2.91. The maximum Gasteiger partial charge on any atom is 0.175 e. The van der Waals surface area contributed by atoms with Crippen LogP contribution in [-0.2, 0) is 9.84 Å². The smallest absolute Gasteiger partial charge is 0.175 e. The zero-order chi connectivity index (χ0) is 19.9. The first kappa shape index (κ1) is 18.5. The van der Waals surface area contributed by atoms with Crippen molar-refractivity contribution >= 4 is 45.8 Å². The molecule has 2 heterocycles. The lowest BCUT2D eigenvalue weighted by molar-refractivity contribution is 0.486. The van der Waals surface area contributed by atoms with Crippen LogP contribution in [0.2, 0.25) is 5.02 Å². The Morgan fingerprint density at radius 1 is 1.14 bits per heavy atom. The molecular weight excluding hydrogens is 397 g/mol. The highest BCUT2D eigenvalue weighted by atomic mass is 35.5. The first-order valence-corrected chi connectivity index (χ1v) is 10.7. The molecule has 0 atom stereocenters. The molecule has 6 nitrogen and oxygen atoms in total. The van der Waals surface area contributed by atoms with Crippen molar-refractivity contribution in [2.75, 3.05) is 6.26 Å². The molecule has 0 aliphatic carbocycles. The highest BCUT2D eigenvalue weighted by molar-refractivity contribution is 7.90. The Hall–Kier alpha value is -2.84. The number of H-pyrrole nitrogens is 1. The first-order chi connectivity index (χ1) is 13.3. The molecular formula is C19H15BClN3O3S. The van der Waals surface area contributed by atoms with Crippen LogP contribution in [0, 0.1) is 0 Å². The number of aromatic nitrogens is 3. The third-order valence-corrected chi connectivity index (χ3v) is 5.77. The molecule has 4 rings (SSSR count). The van der Waals surface area contributed by atoms with Gasteiger partial charge in [0.05, 0.1) is 15.6 Å². The molecule has 0 unspecified atom stereocenters. The quantitative estimate of drug-likeness (QED) is 0.522. The summed E-state index contributed by atoms with van der Waals surface area (Å²) in [4.78, 5) is 4.60. The Labute approximate surface area is 167 Å². The molecule has 0 bridgehead atoms. The number of pyridine rings is 1. The van der Waals surface area contributed by atoms with Crippen molar-refractivity contribution in [3.63, 3.8) is 0 Å². The lowest BCUT2D eigenvalue weighted by Gasteiger charge is -2.11. The summed E-state index contributed by atoms with van der Waals surface area (Å²) >= 11 is 6.31. The number of hydrogen-bond acceptors (Lipinski definition) is 5. The summed E-state index contributed by atoms with van der Waals surface area (Å²) in [6.07, 6.45) is 2.85. The molecule has 1 N–H and O–H groups in total. The van der Waals surface area contributed by atoms with E-state index in [4.69, 9.17) is 16.3 Å². The second-order valence-corrected chi connectivity index (χ2v) is 8.81. The number of fused-ring (bicyclic) bond motifs is 1. The molecule has 0 aliphatic rings. The summed E-state index contributed by atoms with van der Waals surface area (Å²) in [5.41, 5.74) is 3.00. The van der Waals surface area contributed by atoms with Crippen molar-refractivity contribution < 1.29 is 13.2 Å². The third-order valence-electron chi connectivity index (χ3n) is 4.34. The minimum Gasteiger partial charge on any atom is -0.455 e. The van der Waals surface area contributed by atoms with Gasteiger partial charge in [-0.25, -0.2) is 8.42 Å². The number of nitrogens with one attached hydrogen (secondary N) is 1. The molecule has 4 aromatic rings. The van der Waals surface area contributed by atoms with Gasteiger partial charge in [0.15, 0.2) is 23.4 Å². The second kappa shape index (κ2) is 6.96. The number of hydrogen-bond donors (Lipinski definition) is 1. The molecule has 140 valence electrons. The number of aromatic amines is 1. The van der Waals surface area contributed by atoms with Gasteiger partial charge < -0.3 is 4.74 Å². The first-order valence-electron chi connectivity index (χ1n) is 8.40. The van der Waals surface area contributed by atoms with Crippen molar-refractivity contribution in [2.24, 2.45) is 0 Å². The Morgan fingerprint density at radius 2 is 1.89 bits per heavy atom. The Kier molecular flexibility index (Phi) is 4.60. The average molecular weight is 412 g/mol. The minimum atomic E-state index is -3.27. The molecule has 0 saturated heterocycles. The van der Waals surface area contributed by atoms with Crippen LogP contribution in [0.1, 0.15) is 0 Å². The molecule has 0 amide bonds. The van der Waals surface area contributed by atoms with E-state index in [0.717, 1.165) is 22.1 Å². The average Bonchev–Trinajstić information content (AvgIpc) is 3.03. The van der Waals surface area contributed by atoms with Gasteiger partial charge in [-0.05, 0) is 48.5 Å². The van der Waals surface area contributed by atoms with E-state index in [9.17, 15) is 8.42 Å². The zero-order valence-electron chi connectivity index (χ0n) is 15.1. The van der Waals surface area contributed by atoms with Crippen LogP contribution in [0.25, 0.3) is 22.2 Å². The summed E-state index contributed by atoms with van der Waals surface area (Å²) in [5, 5.41) is 8.67. The molecule has 0 spiro atoms. The lowest BCUT2D eigenvalue weighted by atomic mass is 9.97. The van der Waals surface area contributed by atoms with Gasteiger partial charge in [-0.3, -0.25) is 10.1 Å². The van der Waals surface area contributed by atoms with Crippen molar-refractivity contribution in [3.8, 4) is 22.8 Å². The van der Waals surface area contributed by atoms with Gasteiger partial charge in [-0.1, -0.05) is 11.6 Å². The number of halogens is 1. The van der Waals surface area contributed by atoms with Crippen molar-refractivity contribution in [1.82, 2.24) is 15.2 Å². The number of benzene rings is 2. The Balaban J connectivity index is 1.81. The monoisotopic (exact) mass is 411 g/mol. The number of ether oxygens (including phenoxy) is 1. The largest absolute Gasteiger partial charge is 0.455 e. The fourth-order valence-corrected chi connectivity index (χ4v) is 3.77. The van der Waals surface area contributed by atoms with Gasteiger partial charge in [-0.2, -0.15) is 5.10 Å². The zero-order valence-corrected chi connectivity index (χ0v) is 16.7. The van der Waals surface area contributed by atoms with Crippen molar-refractivity contribution in [3.05, 3.63) is 59.8 Å².